The van der Waals surface area contributed by atoms with E-state index >= 15 is 0 Å². The molecule has 1 N–H and O–H groups in total. The highest BCUT2D eigenvalue weighted by Gasteiger charge is 2.37. The summed E-state index contributed by atoms with van der Waals surface area (Å²) in [5.74, 6) is 0.524. The lowest BCUT2D eigenvalue weighted by Gasteiger charge is -2.46. The van der Waals surface area contributed by atoms with Crippen LogP contribution in [-0.2, 0) is 7.05 Å². The molecule has 0 aliphatic carbocycles. The van der Waals surface area contributed by atoms with Crippen LogP contribution in [0.4, 0.5) is 4.79 Å². The first-order chi connectivity index (χ1) is 12.5. The van der Waals surface area contributed by atoms with Crippen LogP contribution in [0.5, 0.6) is 5.88 Å². The average Bonchev–Trinajstić information content (AvgIpc) is 2.65. The number of nitrogens with one attached hydrogen (secondary N) is 1. The summed E-state index contributed by atoms with van der Waals surface area (Å²) >= 11 is 0. The molecule has 2 saturated heterocycles. The van der Waals surface area contributed by atoms with E-state index in [-0.39, 0.29) is 17.5 Å². The van der Waals surface area contributed by atoms with Gasteiger partial charge in [-0.15, -0.1) is 0 Å². The third-order valence-electron chi connectivity index (χ3n) is 5.49. The van der Waals surface area contributed by atoms with Gasteiger partial charge < -0.3 is 19.5 Å². The van der Waals surface area contributed by atoms with Crippen LogP contribution in [0.25, 0.3) is 0 Å². The van der Waals surface area contributed by atoms with Crippen molar-refractivity contribution in [3.63, 3.8) is 0 Å². The van der Waals surface area contributed by atoms with Crippen LogP contribution in [0.15, 0.2) is 17.2 Å². The fraction of sp³-hybridized carbons (Fsp3) is 0.722. The SMILES string of the molecule is CC(C)N1CCN(C(=O)Oc2cc(=O)n(C)cn2)C(C2CCNCC2)C1. The molecule has 8 nitrogen and oxygen atoms in total. The van der Waals surface area contributed by atoms with E-state index < -0.39 is 6.09 Å². The van der Waals surface area contributed by atoms with Gasteiger partial charge in [-0.25, -0.2) is 9.78 Å². The van der Waals surface area contributed by atoms with E-state index in [2.05, 4.69) is 29.0 Å². The first-order valence-electron chi connectivity index (χ1n) is 9.41. The molecule has 26 heavy (non-hydrogen) atoms. The zero-order valence-corrected chi connectivity index (χ0v) is 15.9. The Balaban J connectivity index is 1.74. The fourth-order valence-electron chi connectivity index (χ4n) is 3.81. The van der Waals surface area contributed by atoms with Gasteiger partial charge in [0.1, 0.15) is 6.33 Å². The van der Waals surface area contributed by atoms with Gasteiger partial charge in [0.05, 0.1) is 12.1 Å². The third kappa shape index (κ3) is 4.24. The van der Waals surface area contributed by atoms with Crippen LogP contribution in [0.3, 0.4) is 0 Å². The molecule has 8 heteroatoms. The lowest BCUT2D eigenvalue weighted by Crippen LogP contribution is -2.60. The number of hydrogen-bond donors (Lipinski definition) is 1. The molecule has 1 atom stereocenters. The van der Waals surface area contributed by atoms with Gasteiger partial charge in [0.2, 0.25) is 5.88 Å². The minimum Gasteiger partial charge on any atom is -0.391 e. The largest absolute Gasteiger partial charge is 0.416 e. The zero-order valence-electron chi connectivity index (χ0n) is 15.9. The Morgan fingerprint density at radius 3 is 2.69 bits per heavy atom. The van der Waals surface area contributed by atoms with Crippen LogP contribution in [0, 0.1) is 5.92 Å². The topological polar surface area (TPSA) is 79.7 Å². The summed E-state index contributed by atoms with van der Waals surface area (Å²) in [6.45, 7) is 8.69. The van der Waals surface area contributed by atoms with Crippen molar-refractivity contribution >= 4 is 6.09 Å². The highest BCUT2D eigenvalue weighted by molar-refractivity contribution is 5.70. The van der Waals surface area contributed by atoms with Crippen molar-refractivity contribution in [2.45, 2.75) is 38.8 Å². The molecule has 3 rings (SSSR count). The Kier molecular flexibility index (Phi) is 5.93. The standard InChI is InChI=1S/C18H29N5O3/c1-13(2)22-8-9-23(15(11-22)14-4-6-19-7-5-14)18(25)26-16-10-17(24)21(3)12-20-16/h10,12-15,19H,4-9,11H2,1-3H3. The number of piperazine rings is 1. The Morgan fingerprint density at radius 1 is 1.31 bits per heavy atom. The van der Waals surface area contributed by atoms with Gasteiger partial charge >= 0.3 is 6.09 Å². The van der Waals surface area contributed by atoms with Crippen molar-refractivity contribution in [1.82, 2.24) is 24.7 Å². The van der Waals surface area contributed by atoms with Gasteiger partial charge in [0.15, 0.2) is 0 Å². The molecule has 2 aliphatic rings. The lowest BCUT2D eigenvalue weighted by atomic mass is 9.87. The molecule has 1 unspecified atom stereocenters. The molecule has 1 aromatic rings. The quantitative estimate of drug-likeness (QED) is 0.850. The normalized spacial score (nSPS) is 22.6. The Hall–Kier alpha value is -1.93. The molecule has 2 fully saturated rings. The first kappa shape index (κ1) is 18.8. The number of carbonyl (C=O) groups is 1. The zero-order chi connectivity index (χ0) is 18.7. The van der Waals surface area contributed by atoms with Crippen molar-refractivity contribution in [1.29, 1.82) is 0 Å². The maximum absolute atomic E-state index is 12.8. The van der Waals surface area contributed by atoms with Crippen LogP contribution in [0.1, 0.15) is 26.7 Å². The first-order valence-corrected chi connectivity index (χ1v) is 9.41. The predicted molar refractivity (Wildman–Crippen MR) is 98.3 cm³/mol. The number of aromatic nitrogens is 2. The van der Waals surface area contributed by atoms with E-state index in [9.17, 15) is 9.59 Å². The van der Waals surface area contributed by atoms with Crippen LogP contribution in [-0.4, -0.2) is 70.3 Å². The van der Waals surface area contributed by atoms with E-state index in [1.807, 2.05) is 4.90 Å². The van der Waals surface area contributed by atoms with Crippen molar-refractivity contribution in [3.8, 4) is 5.88 Å². The average molecular weight is 363 g/mol. The Labute approximate surface area is 154 Å². The number of carbonyl (C=O) groups excluding carboxylic acids is 1. The smallest absolute Gasteiger partial charge is 0.391 e. The second-order valence-electron chi connectivity index (χ2n) is 7.48. The van der Waals surface area contributed by atoms with E-state index in [1.54, 1.807) is 7.05 Å². The van der Waals surface area contributed by atoms with Crippen molar-refractivity contribution in [3.05, 3.63) is 22.7 Å². The van der Waals surface area contributed by atoms with Gasteiger partial charge in [-0.1, -0.05) is 0 Å². The molecule has 2 aliphatic heterocycles. The molecule has 0 aromatic carbocycles. The van der Waals surface area contributed by atoms with Gasteiger partial charge in [-0.2, -0.15) is 0 Å². The molecule has 0 saturated carbocycles. The van der Waals surface area contributed by atoms with Gasteiger partial charge in [-0.05, 0) is 45.7 Å². The molecule has 144 valence electrons. The van der Waals surface area contributed by atoms with Gasteiger partial charge in [0.25, 0.3) is 5.56 Å². The lowest BCUT2D eigenvalue weighted by molar-refractivity contribution is 0.0268. The van der Waals surface area contributed by atoms with Crippen LogP contribution >= 0.6 is 0 Å². The summed E-state index contributed by atoms with van der Waals surface area (Å²) in [6, 6.07) is 1.84. The van der Waals surface area contributed by atoms with E-state index in [1.165, 1.54) is 17.0 Å². The molecule has 3 heterocycles. The minimum atomic E-state index is -0.405. The number of ether oxygens (including phenoxy) is 1. The maximum Gasteiger partial charge on any atom is 0.416 e. The van der Waals surface area contributed by atoms with Gasteiger partial charge in [-0.3, -0.25) is 9.69 Å². The molecular formula is C18H29N5O3. The predicted octanol–water partition coefficient (Wildman–Crippen LogP) is 0.673. The number of amides is 1. The van der Waals surface area contributed by atoms with Crippen molar-refractivity contribution < 1.29 is 9.53 Å². The second-order valence-corrected chi connectivity index (χ2v) is 7.48. The van der Waals surface area contributed by atoms with E-state index in [0.29, 0.717) is 18.5 Å². The molecule has 0 radical (unpaired) electrons. The highest BCUT2D eigenvalue weighted by Crippen LogP contribution is 2.26. The minimum absolute atomic E-state index is 0.0634. The summed E-state index contributed by atoms with van der Waals surface area (Å²) in [7, 11) is 1.61. The number of hydrogen-bond acceptors (Lipinski definition) is 6. The van der Waals surface area contributed by atoms with Gasteiger partial charge in [0, 0.05) is 32.7 Å². The summed E-state index contributed by atoms with van der Waals surface area (Å²) in [5, 5.41) is 3.39. The van der Waals surface area contributed by atoms with Crippen LogP contribution in [0.2, 0.25) is 0 Å². The third-order valence-corrected chi connectivity index (χ3v) is 5.49. The molecule has 0 spiro atoms. The Bertz CT molecular complexity index is 684. The monoisotopic (exact) mass is 363 g/mol. The fourth-order valence-corrected chi connectivity index (χ4v) is 3.81. The van der Waals surface area contributed by atoms with E-state index in [0.717, 1.165) is 39.0 Å². The maximum atomic E-state index is 12.8. The van der Waals surface area contributed by atoms with Crippen molar-refractivity contribution in [2.75, 3.05) is 32.7 Å². The number of piperidine rings is 1. The number of aryl methyl sites for hydroxylation is 1. The second kappa shape index (κ2) is 8.18. The summed E-state index contributed by atoms with van der Waals surface area (Å²) in [6.07, 6.45) is 3.08. The molecular weight excluding hydrogens is 334 g/mol. The summed E-state index contributed by atoms with van der Waals surface area (Å²) in [5.41, 5.74) is -0.248. The summed E-state index contributed by atoms with van der Waals surface area (Å²) < 4.78 is 6.78. The highest BCUT2D eigenvalue weighted by atomic mass is 16.6. The molecule has 0 bridgehead atoms. The number of rotatable bonds is 3. The van der Waals surface area contributed by atoms with Crippen molar-refractivity contribution in [2.24, 2.45) is 13.0 Å². The molecule has 1 amide bonds. The summed E-state index contributed by atoms with van der Waals surface area (Å²) in [4.78, 5) is 32.8. The Morgan fingerprint density at radius 2 is 2.04 bits per heavy atom. The number of nitrogens with zero attached hydrogens (tertiary/aromatic N) is 4. The molecule has 1 aromatic heterocycles. The van der Waals surface area contributed by atoms with Crippen LogP contribution < -0.4 is 15.6 Å². The van der Waals surface area contributed by atoms with E-state index in [4.69, 9.17) is 4.74 Å².